The molecule has 2 aromatic rings. The van der Waals surface area contributed by atoms with E-state index < -0.39 is 0 Å². The Labute approximate surface area is 135 Å². The van der Waals surface area contributed by atoms with Gasteiger partial charge < -0.3 is 15.3 Å². The zero-order valence-corrected chi connectivity index (χ0v) is 13.0. The summed E-state index contributed by atoms with van der Waals surface area (Å²) in [5.41, 5.74) is 4.40. The van der Waals surface area contributed by atoms with Crippen molar-refractivity contribution in [2.45, 2.75) is 25.4 Å². The number of hydrogen-bond donors (Lipinski definition) is 2. The predicted octanol–water partition coefficient (Wildman–Crippen LogP) is 2.16. The number of hydrogen-bond acceptors (Lipinski definition) is 3. The molecule has 1 atom stereocenters. The Morgan fingerprint density at radius 2 is 1.91 bits per heavy atom. The summed E-state index contributed by atoms with van der Waals surface area (Å²) in [6, 6.07) is 13.5. The molecule has 4 nitrogen and oxygen atoms in total. The van der Waals surface area contributed by atoms with Crippen LogP contribution in [0.4, 0.5) is 0 Å². The first-order valence-electron chi connectivity index (χ1n) is 8.14. The second-order valence-corrected chi connectivity index (χ2v) is 6.26. The third-order valence-electron chi connectivity index (χ3n) is 4.91. The van der Waals surface area contributed by atoms with Gasteiger partial charge in [-0.3, -0.25) is 4.79 Å². The molecule has 0 aromatic heterocycles. The molecule has 0 fully saturated rings. The van der Waals surface area contributed by atoms with E-state index in [1.165, 1.54) is 5.56 Å². The third kappa shape index (κ3) is 2.49. The number of nitrogens with one attached hydrogen (secondary N) is 1. The van der Waals surface area contributed by atoms with Gasteiger partial charge in [-0.05, 0) is 35.6 Å². The summed E-state index contributed by atoms with van der Waals surface area (Å²) in [6.07, 6.45) is 1.68. The Hall–Kier alpha value is -2.33. The van der Waals surface area contributed by atoms with Gasteiger partial charge in [-0.25, -0.2) is 0 Å². The van der Waals surface area contributed by atoms with Gasteiger partial charge in [0, 0.05) is 25.2 Å². The maximum absolute atomic E-state index is 13.0. The molecule has 1 amide bonds. The van der Waals surface area contributed by atoms with E-state index in [1.807, 2.05) is 35.2 Å². The van der Waals surface area contributed by atoms with Crippen LogP contribution in [0.2, 0.25) is 0 Å². The third-order valence-corrected chi connectivity index (χ3v) is 4.91. The predicted molar refractivity (Wildman–Crippen MR) is 88.1 cm³/mol. The minimum Gasteiger partial charge on any atom is -0.508 e. The van der Waals surface area contributed by atoms with Crippen molar-refractivity contribution in [3.63, 3.8) is 0 Å². The van der Waals surface area contributed by atoms with Gasteiger partial charge in [0.15, 0.2) is 0 Å². The number of carbonyl (C=O) groups excluding carboxylic acids is 1. The Kier molecular flexibility index (Phi) is 3.54. The second kappa shape index (κ2) is 5.70. The van der Waals surface area contributed by atoms with Crippen molar-refractivity contribution in [3.05, 3.63) is 64.7 Å². The van der Waals surface area contributed by atoms with Crippen LogP contribution in [0.15, 0.2) is 42.5 Å². The summed E-state index contributed by atoms with van der Waals surface area (Å²) in [6.45, 7) is 2.06. The van der Waals surface area contributed by atoms with E-state index in [1.54, 1.807) is 6.07 Å². The maximum atomic E-state index is 13.0. The lowest BCUT2D eigenvalue weighted by Gasteiger charge is -2.34. The average molecular weight is 308 g/mol. The smallest absolute Gasteiger partial charge is 0.244 e. The van der Waals surface area contributed by atoms with Crippen LogP contribution >= 0.6 is 0 Å². The lowest BCUT2D eigenvalue weighted by Crippen LogP contribution is -2.45. The van der Waals surface area contributed by atoms with E-state index in [2.05, 4.69) is 11.4 Å². The number of phenols is 1. The molecule has 2 aliphatic heterocycles. The van der Waals surface area contributed by atoms with Crippen molar-refractivity contribution in [2.75, 3.05) is 13.1 Å². The van der Waals surface area contributed by atoms with Crippen LogP contribution in [0.3, 0.4) is 0 Å². The molecular weight excluding hydrogens is 288 g/mol. The lowest BCUT2D eigenvalue weighted by molar-refractivity contribution is -0.134. The van der Waals surface area contributed by atoms with Crippen LogP contribution in [0, 0.1) is 0 Å². The van der Waals surface area contributed by atoms with E-state index in [4.69, 9.17) is 0 Å². The summed E-state index contributed by atoms with van der Waals surface area (Å²) < 4.78 is 0. The fourth-order valence-corrected chi connectivity index (χ4v) is 3.68. The molecule has 2 aromatic carbocycles. The number of aromatic hydroxyl groups is 1. The normalized spacial score (nSPS) is 19.8. The monoisotopic (exact) mass is 308 g/mol. The molecule has 118 valence electrons. The Morgan fingerprint density at radius 3 is 2.83 bits per heavy atom. The highest BCUT2D eigenvalue weighted by Gasteiger charge is 2.31. The van der Waals surface area contributed by atoms with Crippen LogP contribution in [0.5, 0.6) is 5.75 Å². The van der Waals surface area contributed by atoms with Crippen LogP contribution in [0.1, 0.15) is 28.3 Å². The van der Waals surface area contributed by atoms with Crippen LogP contribution in [0.25, 0.3) is 0 Å². The first-order chi connectivity index (χ1) is 11.2. The van der Waals surface area contributed by atoms with Crippen LogP contribution < -0.4 is 5.32 Å². The summed E-state index contributed by atoms with van der Waals surface area (Å²) in [5, 5.41) is 13.3. The highest BCUT2D eigenvalue weighted by atomic mass is 16.3. The van der Waals surface area contributed by atoms with Gasteiger partial charge in [0.25, 0.3) is 0 Å². The molecule has 0 radical (unpaired) electrons. The van der Waals surface area contributed by atoms with Gasteiger partial charge in [-0.1, -0.05) is 36.4 Å². The standard InChI is InChI=1S/C19H20N2O2/c22-17-7-3-5-14-12-21(11-9-15(14)17)19(23)18-16-6-2-1-4-13(16)8-10-20-18/h1-7,18,20,22H,8-12H2/t18-/m1/s1. The first kappa shape index (κ1) is 14.3. The molecule has 0 aliphatic carbocycles. The summed E-state index contributed by atoms with van der Waals surface area (Å²) >= 11 is 0. The van der Waals surface area contributed by atoms with Crippen molar-refractivity contribution in [2.24, 2.45) is 0 Å². The van der Waals surface area contributed by atoms with E-state index in [-0.39, 0.29) is 11.9 Å². The largest absolute Gasteiger partial charge is 0.508 e. The van der Waals surface area contributed by atoms with Gasteiger partial charge in [-0.15, -0.1) is 0 Å². The first-order valence-corrected chi connectivity index (χ1v) is 8.14. The molecule has 0 saturated heterocycles. The fraction of sp³-hybridized carbons (Fsp3) is 0.316. The number of nitrogens with zero attached hydrogens (tertiary/aromatic N) is 1. The number of benzene rings is 2. The summed E-state index contributed by atoms with van der Waals surface area (Å²) in [7, 11) is 0. The highest BCUT2D eigenvalue weighted by molar-refractivity contribution is 5.84. The Bertz CT molecular complexity index is 757. The van der Waals surface area contributed by atoms with Crippen molar-refractivity contribution >= 4 is 5.91 Å². The van der Waals surface area contributed by atoms with Gasteiger partial charge in [0.2, 0.25) is 5.91 Å². The SMILES string of the molecule is O=C([C@@H]1NCCc2ccccc21)N1CCc2c(O)cccc2C1. The highest BCUT2D eigenvalue weighted by Crippen LogP contribution is 2.30. The maximum Gasteiger partial charge on any atom is 0.244 e. The van der Waals surface area contributed by atoms with Gasteiger partial charge >= 0.3 is 0 Å². The number of carbonyl (C=O) groups is 1. The van der Waals surface area contributed by atoms with Crippen LogP contribution in [-0.4, -0.2) is 29.0 Å². The molecule has 2 N–H and O–H groups in total. The minimum atomic E-state index is -0.251. The number of amides is 1. The molecule has 0 spiro atoms. The van der Waals surface area contributed by atoms with Crippen LogP contribution in [-0.2, 0) is 24.2 Å². The number of rotatable bonds is 1. The number of fused-ring (bicyclic) bond motifs is 2. The van der Waals surface area contributed by atoms with E-state index >= 15 is 0 Å². The van der Waals surface area contributed by atoms with Crippen molar-refractivity contribution in [3.8, 4) is 5.75 Å². The Balaban J connectivity index is 1.59. The minimum absolute atomic E-state index is 0.131. The van der Waals surface area contributed by atoms with E-state index in [9.17, 15) is 9.90 Å². The molecular formula is C19H20N2O2. The zero-order chi connectivity index (χ0) is 15.8. The Morgan fingerprint density at radius 1 is 1.09 bits per heavy atom. The number of phenolic OH excluding ortho intramolecular Hbond substituents is 1. The van der Waals surface area contributed by atoms with Gasteiger partial charge in [-0.2, -0.15) is 0 Å². The molecule has 2 heterocycles. The summed E-state index contributed by atoms with van der Waals surface area (Å²) in [5.74, 6) is 0.474. The van der Waals surface area contributed by atoms with Crippen molar-refractivity contribution in [1.82, 2.24) is 10.2 Å². The molecule has 2 aliphatic rings. The van der Waals surface area contributed by atoms with E-state index in [0.717, 1.165) is 29.7 Å². The van der Waals surface area contributed by atoms with Crippen molar-refractivity contribution < 1.29 is 9.90 Å². The quantitative estimate of drug-likeness (QED) is 0.849. The molecule has 4 heteroatoms. The van der Waals surface area contributed by atoms with E-state index in [0.29, 0.717) is 25.3 Å². The van der Waals surface area contributed by atoms with Gasteiger partial charge in [0.1, 0.15) is 11.8 Å². The second-order valence-electron chi connectivity index (χ2n) is 6.26. The fourth-order valence-electron chi connectivity index (χ4n) is 3.68. The molecule has 0 bridgehead atoms. The van der Waals surface area contributed by atoms with Crippen molar-refractivity contribution in [1.29, 1.82) is 0 Å². The summed E-state index contributed by atoms with van der Waals surface area (Å²) in [4.78, 5) is 14.9. The zero-order valence-electron chi connectivity index (χ0n) is 13.0. The molecule has 0 saturated carbocycles. The molecule has 23 heavy (non-hydrogen) atoms. The average Bonchev–Trinajstić information content (AvgIpc) is 2.60. The lowest BCUT2D eigenvalue weighted by atomic mass is 9.92. The molecule has 4 rings (SSSR count). The molecule has 0 unspecified atom stereocenters. The topological polar surface area (TPSA) is 52.6 Å². The van der Waals surface area contributed by atoms with Gasteiger partial charge in [0.05, 0.1) is 0 Å².